The number of aryl methyl sites for hydroxylation is 1. The first-order valence-corrected chi connectivity index (χ1v) is 5.87. The van der Waals surface area contributed by atoms with E-state index in [9.17, 15) is 0 Å². The van der Waals surface area contributed by atoms with Crippen molar-refractivity contribution in [1.82, 2.24) is 9.55 Å². The number of pyridine rings is 1. The number of rotatable bonds is 5. The van der Waals surface area contributed by atoms with E-state index in [1.54, 1.807) is 0 Å². The first-order chi connectivity index (χ1) is 7.86. The Morgan fingerprint density at radius 3 is 3.00 bits per heavy atom. The summed E-state index contributed by atoms with van der Waals surface area (Å²) >= 11 is 0. The lowest BCUT2D eigenvalue weighted by molar-refractivity contribution is 0.0803. The third-order valence-electron chi connectivity index (χ3n) is 2.67. The summed E-state index contributed by atoms with van der Waals surface area (Å²) in [7, 11) is 0. The molecule has 0 aliphatic carbocycles. The van der Waals surface area contributed by atoms with Crippen LogP contribution in [-0.2, 0) is 17.9 Å². The number of nitrogens with zero attached hydrogens (tertiary/aromatic N) is 2. The SMILES string of the molecule is CCCOCn1cc(CC)c2ncccc21. The van der Waals surface area contributed by atoms with Gasteiger partial charge in [-0.15, -0.1) is 0 Å². The first kappa shape index (κ1) is 11.1. The molecule has 2 aromatic rings. The fourth-order valence-electron chi connectivity index (χ4n) is 1.87. The summed E-state index contributed by atoms with van der Waals surface area (Å²) in [4.78, 5) is 4.42. The Labute approximate surface area is 96.1 Å². The Kier molecular flexibility index (Phi) is 3.57. The highest BCUT2D eigenvalue weighted by Crippen LogP contribution is 2.19. The lowest BCUT2D eigenvalue weighted by atomic mass is 10.2. The second-order valence-corrected chi connectivity index (χ2v) is 3.89. The maximum atomic E-state index is 5.57. The van der Waals surface area contributed by atoms with E-state index in [-0.39, 0.29) is 0 Å². The van der Waals surface area contributed by atoms with Crippen molar-refractivity contribution >= 4 is 11.0 Å². The van der Waals surface area contributed by atoms with Gasteiger partial charge in [-0.1, -0.05) is 13.8 Å². The molecule has 0 aliphatic rings. The Hall–Kier alpha value is -1.35. The van der Waals surface area contributed by atoms with Crippen molar-refractivity contribution in [3.05, 3.63) is 30.1 Å². The molecular formula is C13H18N2O. The smallest absolute Gasteiger partial charge is 0.122 e. The van der Waals surface area contributed by atoms with Crippen LogP contribution in [0.1, 0.15) is 25.8 Å². The first-order valence-electron chi connectivity index (χ1n) is 5.87. The zero-order valence-electron chi connectivity index (χ0n) is 9.94. The van der Waals surface area contributed by atoms with Crippen molar-refractivity contribution in [3.8, 4) is 0 Å². The summed E-state index contributed by atoms with van der Waals surface area (Å²) in [6.45, 7) is 5.70. The van der Waals surface area contributed by atoms with E-state index >= 15 is 0 Å². The molecule has 2 rings (SSSR count). The summed E-state index contributed by atoms with van der Waals surface area (Å²) in [5.74, 6) is 0. The molecule has 0 spiro atoms. The quantitative estimate of drug-likeness (QED) is 0.721. The van der Waals surface area contributed by atoms with Crippen LogP contribution in [0.25, 0.3) is 11.0 Å². The minimum Gasteiger partial charge on any atom is -0.361 e. The highest BCUT2D eigenvalue weighted by molar-refractivity contribution is 5.79. The van der Waals surface area contributed by atoms with Gasteiger partial charge in [-0.25, -0.2) is 0 Å². The van der Waals surface area contributed by atoms with Crippen LogP contribution in [-0.4, -0.2) is 16.2 Å². The molecule has 3 nitrogen and oxygen atoms in total. The van der Waals surface area contributed by atoms with Crippen molar-refractivity contribution in [2.24, 2.45) is 0 Å². The van der Waals surface area contributed by atoms with E-state index < -0.39 is 0 Å². The number of aromatic nitrogens is 2. The minimum atomic E-state index is 0.621. The molecule has 0 N–H and O–H groups in total. The van der Waals surface area contributed by atoms with E-state index in [0.29, 0.717) is 6.73 Å². The Morgan fingerprint density at radius 1 is 1.38 bits per heavy atom. The molecular weight excluding hydrogens is 200 g/mol. The van der Waals surface area contributed by atoms with E-state index in [1.165, 1.54) is 5.56 Å². The van der Waals surface area contributed by atoms with Gasteiger partial charge in [-0.2, -0.15) is 0 Å². The standard InChI is InChI=1S/C13H18N2O/c1-3-8-16-10-15-9-11(4-2)13-12(15)6-5-7-14-13/h5-7,9H,3-4,8,10H2,1-2H3. The van der Waals surface area contributed by atoms with Crippen LogP contribution in [0.5, 0.6) is 0 Å². The van der Waals surface area contributed by atoms with Gasteiger partial charge in [0.05, 0.1) is 11.0 Å². The topological polar surface area (TPSA) is 27.1 Å². The predicted octanol–water partition coefficient (Wildman–Crippen LogP) is 2.98. The van der Waals surface area contributed by atoms with Crippen LogP contribution in [0.3, 0.4) is 0 Å². The van der Waals surface area contributed by atoms with E-state index in [2.05, 4.69) is 35.7 Å². The third kappa shape index (κ3) is 2.09. The largest absolute Gasteiger partial charge is 0.361 e. The van der Waals surface area contributed by atoms with Gasteiger partial charge in [-0.05, 0) is 30.5 Å². The number of ether oxygens (including phenoxy) is 1. The fourth-order valence-corrected chi connectivity index (χ4v) is 1.87. The molecule has 0 aliphatic heterocycles. The molecule has 0 unspecified atom stereocenters. The second-order valence-electron chi connectivity index (χ2n) is 3.89. The third-order valence-corrected chi connectivity index (χ3v) is 2.67. The van der Waals surface area contributed by atoms with E-state index in [1.807, 2.05) is 12.3 Å². The zero-order valence-corrected chi connectivity index (χ0v) is 9.94. The Balaban J connectivity index is 2.30. The molecule has 0 radical (unpaired) electrons. The molecule has 0 saturated heterocycles. The van der Waals surface area contributed by atoms with Gasteiger partial charge in [0.25, 0.3) is 0 Å². The van der Waals surface area contributed by atoms with Crippen molar-refractivity contribution in [2.45, 2.75) is 33.4 Å². The van der Waals surface area contributed by atoms with Gasteiger partial charge in [0.15, 0.2) is 0 Å². The van der Waals surface area contributed by atoms with Gasteiger partial charge in [0.2, 0.25) is 0 Å². The maximum Gasteiger partial charge on any atom is 0.122 e. The van der Waals surface area contributed by atoms with Crippen LogP contribution in [0.15, 0.2) is 24.5 Å². The lowest BCUT2D eigenvalue weighted by Gasteiger charge is -2.05. The van der Waals surface area contributed by atoms with Crippen LogP contribution < -0.4 is 0 Å². The number of hydrogen-bond acceptors (Lipinski definition) is 2. The van der Waals surface area contributed by atoms with Crippen LogP contribution in [0.2, 0.25) is 0 Å². The Bertz CT molecular complexity index is 462. The summed E-state index contributed by atoms with van der Waals surface area (Å²) in [5, 5.41) is 0. The normalized spacial score (nSPS) is 11.1. The molecule has 0 fully saturated rings. The number of fused-ring (bicyclic) bond motifs is 1. The van der Waals surface area contributed by atoms with E-state index in [4.69, 9.17) is 4.74 Å². The molecule has 0 saturated carbocycles. The van der Waals surface area contributed by atoms with Gasteiger partial charge < -0.3 is 9.30 Å². The van der Waals surface area contributed by atoms with Gasteiger partial charge in [-0.3, -0.25) is 4.98 Å². The molecule has 0 amide bonds. The fraction of sp³-hybridized carbons (Fsp3) is 0.462. The summed E-state index contributed by atoms with van der Waals surface area (Å²) < 4.78 is 7.71. The monoisotopic (exact) mass is 218 g/mol. The van der Waals surface area contributed by atoms with Gasteiger partial charge in [0.1, 0.15) is 6.73 Å². The van der Waals surface area contributed by atoms with Crippen molar-refractivity contribution < 1.29 is 4.74 Å². The maximum absolute atomic E-state index is 5.57. The summed E-state index contributed by atoms with van der Waals surface area (Å²) in [5.41, 5.74) is 3.55. The molecule has 0 aromatic carbocycles. The summed E-state index contributed by atoms with van der Waals surface area (Å²) in [6.07, 6.45) is 6.05. The highest BCUT2D eigenvalue weighted by atomic mass is 16.5. The molecule has 16 heavy (non-hydrogen) atoms. The summed E-state index contributed by atoms with van der Waals surface area (Å²) in [6, 6.07) is 4.06. The van der Waals surface area contributed by atoms with Crippen LogP contribution in [0.4, 0.5) is 0 Å². The number of hydrogen-bond donors (Lipinski definition) is 0. The Morgan fingerprint density at radius 2 is 2.25 bits per heavy atom. The molecule has 86 valence electrons. The van der Waals surface area contributed by atoms with Gasteiger partial charge >= 0.3 is 0 Å². The van der Waals surface area contributed by atoms with Gasteiger partial charge in [0, 0.05) is 19.0 Å². The van der Waals surface area contributed by atoms with Crippen LogP contribution >= 0.6 is 0 Å². The lowest BCUT2D eigenvalue weighted by Crippen LogP contribution is -2.01. The molecule has 0 atom stereocenters. The average molecular weight is 218 g/mol. The van der Waals surface area contributed by atoms with Crippen LogP contribution in [0, 0.1) is 0 Å². The molecule has 0 bridgehead atoms. The zero-order chi connectivity index (χ0) is 11.4. The molecule has 2 aromatic heterocycles. The second kappa shape index (κ2) is 5.12. The van der Waals surface area contributed by atoms with E-state index in [0.717, 1.165) is 30.5 Å². The molecule has 3 heteroatoms. The van der Waals surface area contributed by atoms with Crippen molar-refractivity contribution in [2.75, 3.05) is 6.61 Å². The predicted molar refractivity (Wildman–Crippen MR) is 65.4 cm³/mol. The van der Waals surface area contributed by atoms with Crippen molar-refractivity contribution in [3.63, 3.8) is 0 Å². The minimum absolute atomic E-state index is 0.621. The average Bonchev–Trinajstić information content (AvgIpc) is 2.68. The molecule has 2 heterocycles. The van der Waals surface area contributed by atoms with Crippen molar-refractivity contribution in [1.29, 1.82) is 0 Å². The highest BCUT2D eigenvalue weighted by Gasteiger charge is 2.07.